The summed E-state index contributed by atoms with van der Waals surface area (Å²) in [5.74, 6) is 0.407. The van der Waals surface area contributed by atoms with E-state index in [9.17, 15) is 5.11 Å². The van der Waals surface area contributed by atoms with E-state index in [1.165, 1.54) is 0 Å². The predicted molar refractivity (Wildman–Crippen MR) is 103 cm³/mol. The summed E-state index contributed by atoms with van der Waals surface area (Å²) in [6.45, 7) is 15.3. The number of aromatic nitrogens is 1. The molecule has 0 saturated heterocycles. The van der Waals surface area contributed by atoms with Gasteiger partial charge in [0.1, 0.15) is 5.75 Å². The van der Waals surface area contributed by atoms with Crippen LogP contribution in [-0.4, -0.2) is 10.1 Å². The summed E-state index contributed by atoms with van der Waals surface area (Å²) in [6, 6.07) is 8.09. The quantitative estimate of drug-likeness (QED) is 0.780. The van der Waals surface area contributed by atoms with Crippen LogP contribution in [-0.2, 0) is 22.2 Å². The van der Waals surface area contributed by atoms with Crippen molar-refractivity contribution in [3.8, 4) is 5.75 Å². The molecule has 0 bridgehead atoms. The molecule has 1 heterocycles. The molecule has 1 N–H and O–H groups in total. The SMILES string of the molecule is CC(OCc1cc(C(C)(C)C)c(O)c(C(C)(C)C)c1)c1cccnc1. The number of aromatic hydroxyl groups is 1. The van der Waals surface area contributed by atoms with Crippen molar-refractivity contribution < 1.29 is 9.84 Å². The van der Waals surface area contributed by atoms with Gasteiger partial charge in [0.2, 0.25) is 0 Å². The molecule has 0 spiro atoms. The van der Waals surface area contributed by atoms with Crippen LogP contribution < -0.4 is 0 Å². The minimum absolute atomic E-state index is 0.0290. The van der Waals surface area contributed by atoms with E-state index in [1.807, 2.05) is 25.3 Å². The van der Waals surface area contributed by atoms with Gasteiger partial charge in [-0.3, -0.25) is 4.98 Å². The molecule has 0 aliphatic heterocycles. The highest BCUT2D eigenvalue weighted by atomic mass is 16.5. The van der Waals surface area contributed by atoms with Crippen LogP contribution in [0.1, 0.15) is 76.8 Å². The molecule has 0 fully saturated rings. The number of benzene rings is 1. The van der Waals surface area contributed by atoms with Crippen LogP contribution in [0.25, 0.3) is 0 Å². The molecule has 2 aromatic rings. The molecule has 1 unspecified atom stereocenters. The smallest absolute Gasteiger partial charge is 0.123 e. The zero-order valence-corrected chi connectivity index (χ0v) is 16.6. The molecule has 1 aromatic carbocycles. The molecule has 0 aliphatic rings. The number of rotatable bonds is 4. The van der Waals surface area contributed by atoms with Crippen LogP contribution in [0.15, 0.2) is 36.7 Å². The third-order valence-electron chi connectivity index (χ3n) is 4.44. The van der Waals surface area contributed by atoms with Crippen molar-refractivity contribution >= 4 is 0 Å². The Morgan fingerprint density at radius 3 is 2.04 bits per heavy atom. The van der Waals surface area contributed by atoms with Gasteiger partial charge >= 0.3 is 0 Å². The topological polar surface area (TPSA) is 42.4 Å². The highest BCUT2D eigenvalue weighted by Gasteiger charge is 2.26. The Morgan fingerprint density at radius 2 is 1.60 bits per heavy atom. The van der Waals surface area contributed by atoms with Crippen LogP contribution >= 0.6 is 0 Å². The summed E-state index contributed by atoms with van der Waals surface area (Å²) >= 11 is 0. The lowest BCUT2D eigenvalue weighted by Gasteiger charge is -2.28. The van der Waals surface area contributed by atoms with Gasteiger partial charge in [0.05, 0.1) is 12.7 Å². The number of phenols is 1. The Bertz CT molecular complexity index is 674. The average molecular weight is 341 g/mol. The first-order valence-electron chi connectivity index (χ1n) is 8.88. The van der Waals surface area contributed by atoms with E-state index in [-0.39, 0.29) is 16.9 Å². The van der Waals surface area contributed by atoms with Gasteiger partial charge in [-0.25, -0.2) is 0 Å². The number of hydrogen-bond donors (Lipinski definition) is 1. The monoisotopic (exact) mass is 341 g/mol. The van der Waals surface area contributed by atoms with Gasteiger partial charge in [-0.1, -0.05) is 47.6 Å². The van der Waals surface area contributed by atoms with Gasteiger partial charge in [-0.05, 0) is 58.2 Å². The fourth-order valence-electron chi connectivity index (χ4n) is 2.85. The van der Waals surface area contributed by atoms with E-state index in [2.05, 4.69) is 58.7 Å². The molecule has 3 heteroatoms. The summed E-state index contributed by atoms with van der Waals surface area (Å²) < 4.78 is 6.07. The molecule has 0 saturated carbocycles. The van der Waals surface area contributed by atoms with E-state index < -0.39 is 0 Å². The summed E-state index contributed by atoms with van der Waals surface area (Å²) in [4.78, 5) is 4.15. The van der Waals surface area contributed by atoms with Crippen molar-refractivity contribution in [3.05, 3.63) is 58.9 Å². The lowest BCUT2D eigenvalue weighted by molar-refractivity contribution is 0.0522. The largest absolute Gasteiger partial charge is 0.507 e. The molecule has 3 nitrogen and oxygen atoms in total. The van der Waals surface area contributed by atoms with Crippen molar-refractivity contribution in [2.75, 3.05) is 0 Å². The van der Waals surface area contributed by atoms with Crippen LogP contribution in [0.2, 0.25) is 0 Å². The van der Waals surface area contributed by atoms with Crippen molar-refractivity contribution in [2.45, 2.75) is 72.0 Å². The summed E-state index contributed by atoms with van der Waals surface area (Å²) in [7, 11) is 0. The third kappa shape index (κ3) is 4.82. The van der Waals surface area contributed by atoms with Crippen molar-refractivity contribution in [1.82, 2.24) is 4.98 Å². The maximum Gasteiger partial charge on any atom is 0.123 e. The van der Waals surface area contributed by atoms with Gasteiger partial charge in [0.15, 0.2) is 0 Å². The first kappa shape index (κ1) is 19.5. The highest BCUT2D eigenvalue weighted by Crippen LogP contribution is 2.40. The first-order chi connectivity index (χ1) is 11.5. The van der Waals surface area contributed by atoms with Crippen molar-refractivity contribution in [2.24, 2.45) is 0 Å². The number of nitrogens with zero attached hydrogens (tertiary/aromatic N) is 1. The van der Waals surface area contributed by atoms with E-state index in [1.54, 1.807) is 6.20 Å². The minimum Gasteiger partial charge on any atom is -0.507 e. The minimum atomic E-state index is -0.130. The number of hydrogen-bond acceptors (Lipinski definition) is 3. The normalized spacial score (nSPS) is 13.7. The van der Waals surface area contributed by atoms with Gasteiger partial charge < -0.3 is 9.84 Å². The fraction of sp³-hybridized carbons (Fsp3) is 0.500. The zero-order chi connectivity index (χ0) is 18.8. The second-order valence-electron chi connectivity index (χ2n) is 8.78. The van der Waals surface area contributed by atoms with Gasteiger partial charge in [-0.15, -0.1) is 0 Å². The molecular weight excluding hydrogens is 310 g/mol. The lowest BCUT2D eigenvalue weighted by Crippen LogP contribution is -2.18. The molecule has 1 aromatic heterocycles. The number of pyridine rings is 1. The predicted octanol–water partition coefficient (Wildman–Crippen LogP) is 5.66. The van der Waals surface area contributed by atoms with Crippen LogP contribution in [0.4, 0.5) is 0 Å². The maximum atomic E-state index is 10.8. The van der Waals surface area contributed by atoms with Crippen LogP contribution in [0, 0.1) is 0 Å². The maximum absolute atomic E-state index is 10.8. The van der Waals surface area contributed by atoms with Gasteiger partial charge in [0, 0.05) is 12.4 Å². The van der Waals surface area contributed by atoms with E-state index in [0.717, 1.165) is 22.3 Å². The van der Waals surface area contributed by atoms with Gasteiger partial charge in [0.25, 0.3) is 0 Å². The molecular formula is C22H31NO2. The van der Waals surface area contributed by atoms with Crippen molar-refractivity contribution in [1.29, 1.82) is 0 Å². The first-order valence-corrected chi connectivity index (χ1v) is 8.88. The Morgan fingerprint density at radius 1 is 1.04 bits per heavy atom. The summed E-state index contributed by atoms with van der Waals surface area (Å²) in [6.07, 6.45) is 3.57. The molecule has 0 radical (unpaired) electrons. The Kier molecular flexibility index (Phi) is 5.58. The second-order valence-corrected chi connectivity index (χ2v) is 8.78. The van der Waals surface area contributed by atoms with E-state index >= 15 is 0 Å². The second kappa shape index (κ2) is 7.17. The van der Waals surface area contributed by atoms with E-state index in [0.29, 0.717) is 12.4 Å². The molecule has 0 amide bonds. The highest BCUT2D eigenvalue weighted by molar-refractivity contribution is 5.49. The Labute approximate surface area is 152 Å². The standard InChI is InChI=1S/C22H31NO2/c1-15(17-9-8-10-23-13-17)25-14-16-11-18(21(2,3)4)20(24)19(12-16)22(5,6)7/h8-13,15,24H,14H2,1-7H3. The van der Waals surface area contributed by atoms with Crippen LogP contribution in [0.5, 0.6) is 5.75 Å². The molecule has 25 heavy (non-hydrogen) atoms. The van der Waals surface area contributed by atoms with Gasteiger partial charge in [-0.2, -0.15) is 0 Å². The van der Waals surface area contributed by atoms with E-state index in [4.69, 9.17) is 4.74 Å². The molecule has 0 aliphatic carbocycles. The molecule has 2 rings (SSSR count). The molecule has 1 atom stereocenters. The Hall–Kier alpha value is -1.87. The lowest BCUT2D eigenvalue weighted by atomic mass is 9.78. The number of phenolic OH excluding ortho intramolecular Hbond substituents is 1. The average Bonchev–Trinajstić information content (AvgIpc) is 2.52. The van der Waals surface area contributed by atoms with Crippen molar-refractivity contribution in [3.63, 3.8) is 0 Å². The van der Waals surface area contributed by atoms with Crippen LogP contribution in [0.3, 0.4) is 0 Å². The Balaban J connectivity index is 2.31. The zero-order valence-electron chi connectivity index (χ0n) is 16.6. The molecule has 136 valence electrons. The fourth-order valence-corrected chi connectivity index (χ4v) is 2.85. The summed E-state index contributed by atoms with van der Waals surface area (Å²) in [5, 5.41) is 10.8. The number of ether oxygens (including phenoxy) is 1. The summed E-state index contributed by atoms with van der Waals surface area (Å²) in [5.41, 5.74) is 3.82. The third-order valence-corrected chi connectivity index (χ3v) is 4.44.